The first-order valence-electron chi connectivity index (χ1n) is 13.1. The van der Waals surface area contributed by atoms with Gasteiger partial charge >= 0.3 is 0 Å². The Morgan fingerprint density at radius 3 is 2.39 bits per heavy atom. The van der Waals surface area contributed by atoms with Crippen molar-refractivity contribution in [3.05, 3.63) is 101 Å². The number of aromatic nitrogens is 2. The predicted octanol–water partition coefficient (Wildman–Crippen LogP) is 6.52. The molecule has 0 saturated carbocycles. The Morgan fingerprint density at radius 1 is 1.02 bits per heavy atom. The van der Waals surface area contributed by atoms with Crippen molar-refractivity contribution in [1.82, 2.24) is 10.2 Å². The number of ether oxygens (including phenoxy) is 3. The molecule has 1 atom stereocenters. The summed E-state index contributed by atoms with van der Waals surface area (Å²) >= 11 is 2.46. The molecule has 5 aromatic rings. The summed E-state index contributed by atoms with van der Waals surface area (Å²) in [6.07, 6.45) is 0. The minimum Gasteiger partial charge on any atom is -0.503 e. The first kappa shape index (κ1) is 29.2. The SMILES string of the molecule is COc1cc(C2C(C(=O)c3cc4ccccc4o3)=C(O)C(=O)N2c2nnc(SCc3ccc(F)cc3)s2)cc(OC)c1OC. The maximum absolute atomic E-state index is 14.0. The number of rotatable bonds is 10. The summed E-state index contributed by atoms with van der Waals surface area (Å²) in [5.74, 6) is -1.28. The highest BCUT2D eigenvalue weighted by atomic mass is 32.2. The number of benzene rings is 3. The summed E-state index contributed by atoms with van der Waals surface area (Å²) in [5.41, 5.74) is 1.53. The molecular weight excluding hydrogens is 609 g/mol. The van der Waals surface area contributed by atoms with E-state index < -0.39 is 23.5 Å². The number of aliphatic hydroxyl groups excluding tert-OH is 1. The van der Waals surface area contributed by atoms with Crippen LogP contribution in [0.25, 0.3) is 11.0 Å². The fourth-order valence-electron chi connectivity index (χ4n) is 4.92. The van der Waals surface area contributed by atoms with Gasteiger partial charge < -0.3 is 23.7 Å². The number of amides is 1. The second-order valence-corrected chi connectivity index (χ2v) is 11.7. The second kappa shape index (κ2) is 12.0. The number of methoxy groups -OCH3 is 3. The lowest BCUT2D eigenvalue weighted by molar-refractivity contribution is -0.117. The fourth-order valence-corrected chi connectivity index (χ4v) is 6.74. The van der Waals surface area contributed by atoms with Gasteiger partial charge in [-0.25, -0.2) is 4.39 Å². The summed E-state index contributed by atoms with van der Waals surface area (Å²) in [5, 5.41) is 20.5. The number of Topliss-reactive ketones (excluding diaryl/α,β-unsaturated/α-hetero) is 1. The molecular formula is C31H24FN3O7S2. The molecule has 6 rings (SSSR count). The lowest BCUT2D eigenvalue weighted by atomic mass is 9.94. The molecule has 0 aliphatic carbocycles. The van der Waals surface area contributed by atoms with E-state index in [0.29, 0.717) is 32.4 Å². The van der Waals surface area contributed by atoms with E-state index in [-0.39, 0.29) is 33.8 Å². The maximum atomic E-state index is 14.0. The Hall–Kier alpha value is -4.88. The summed E-state index contributed by atoms with van der Waals surface area (Å²) in [7, 11) is 4.35. The van der Waals surface area contributed by atoms with Crippen LogP contribution in [-0.4, -0.2) is 48.3 Å². The number of carbonyl (C=O) groups excluding carboxylic acids is 2. The van der Waals surface area contributed by atoms with Gasteiger partial charge in [0.25, 0.3) is 5.91 Å². The molecule has 3 heterocycles. The molecule has 0 radical (unpaired) electrons. The topological polar surface area (TPSA) is 124 Å². The molecule has 1 aliphatic heterocycles. The van der Waals surface area contributed by atoms with Crippen molar-refractivity contribution in [3.8, 4) is 17.2 Å². The van der Waals surface area contributed by atoms with Gasteiger partial charge in [-0.2, -0.15) is 0 Å². The van der Waals surface area contributed by atoms with Crippen LogP contribution in [0.1, 0.15) is 27.7 Å². The number of thioether (sulfide) groups is 1. The monoisotopic (exact) mass is 633 g/mol. The number of carbonyl (C=O) groups is 2. The molecule has 0 spiro atoms. The minimum atomic E-state index is -1.15. The predicted molar refractivity (Wildman–Crippen MR) is 162 cm³/mol. The summed E-state index contributed by atoms with van der Waals surface area (Å²) < 4.78 is 36.2. The van der Waals surface area contributed by atoms with Gasteiger partial charge in [0.1, 0.15) is 11.4 Å². The summed E-state index contributed by atoms with van der Waals surface area (Å²) in [4.78, 5) is 28.9. The van der Waals surface area contributed by atoms with E-state index in [4.69, 9.17) is 18.6 Å². The molecule has 224 valence electrons. The van der Waals surface area contributed by atoms with Crippen molar-refractivity contribution >= 4 is 50.9 Å². The van der Waals surface area contributed by atoms with Gasteiger partial charge in [-0.3, -0.25) is 14.5 Å². The highest BCUT2D eigenvalue weighted by molar-refractivity contribution is 8.00. The van der Waals surface area contributed by atoms with Crippen LogP contribution < -0.4 is 19.1 Å². The van der Waals surface area contributed by atoms with Crippen molar-refractivity contribution in [3.63, 3.8) is 0 Å². The normalized spacial score (nSPS) is 14.9. The zero-order chi connectivity index (χ0) is 31.0. The molecule has 3 aromatic carbocycles. The molecule has 1 N–H and O–H groups in total. The van der Waals surface area contributed by atoms with E-state index in [2.05, 4.69) is 10.2 Å². The van der Waals surface area contributed by atoms with Crippen LogP contribution in [0, 0.1) is 5.82 Å². The smallest absolute Gasteiger partial charge is 0.296 e. The van der Waals surface area contributed by atoms with Gasteiger partial charge in [0, 0.05) is 11.1 Å². The van der Waals surface area contributed by atoms with Crippen molar-refractivity contribution < 1.29 is 37.7 Å². The van der Waals surface area contributed by atoms with Crippen molar-refractivity contribution in [2.75, 3.05) is 26.2 Å². The van der Waals surface area contributed by atoms with Crippen LogP contribution in [0.2, 0.25) is 0 Å². The molecule has 1 unspecified atom stereocenters. The molecule has 0 saturated heterocycles. The molecule has 1 amide bonds. The van der Waals surface area contributed by atoms with Gasteiger partial charge in [-0.05, 0) is 47.5 Å². The highest BCUT2D eigenvalue weighted by Crippen LogP contribution is 2.48. The van der Waals surface area contributed by atoms with E-state index in [1.165, 1.54) is 50.1 Å². The minimum absolute atomic E-state index is 0.0485. The highest BCUT2D eigenvalue weighted by Gasteiger charge is 2.47. The maximum Gasteiger partial charge on any atom is 0.296 e. The van der Waals surface area contributed by atoms with Gasteiger partial charge in [-0.15, -0.1) is 10.2 Å². The molecule has 1 aliphatic rings. The zero-order valence-electron chi connectivity index (χ0n) is 23.6. The first-order valence-corrected chi connectivity index (χ1v) is 14.9. The second-order valence-electron chi connectivity index (χ2n) is 9.54. The third-order valence-electron chi connectivity index (χ3n) is 6.98. The Balaban J connectivity index is 1.43. The molecule has 44 heavy (non-hydrogen) atoms. The first-order chi connectivity index (χ1) is 21.3. The van der Waals surface area contributed by atoms with E-state index in [0.717, 1.165) is 16.9 Å². The van der Waals surface area contributed by atoms with Crippen LogP contribution in [0.5, 0.6) is 17.2 Å². The number of halogens is 1. The van der Waals surface area contributed by atoms with Crippen LogP contribution in [0.4, 0.5) is 9.52 Å². The van der Waals surface area contributed by atoms with Crippen molar-refractivity contribution in [2.24, 2.45) is 0 Å². The van der Waals surface area contributed by atoms with E-state index in [9.17, 15) is 19.1 Å². The van der Waals surface area contributed by atoms with Gasteiger partial charge in [0.2, 0.25) is 16.7 Å². The van der Waals surface area contributed by atoms with Crippen LogP contribution >= 0.6 is 23.1 Å². The molecule has 0 bridgehead atoms. The quantitative estimate of drug-likeness (QED) is 0.103. The number of nitrogens with zero attached hydrogens (tertiary/aromatic N) is 3. The fraction of sp³-hybridized carbons (Fsp3) is 0.161. The molecule has 2 aromatic heterocycles. The Morgan fingerprint density at radius 2 is 1.73 bits per heavy atom. The van der Waals surface area contributed by atoms with Crippen LogP contribution in [-0.2, 0) is 10.5 Å². The average Bonchev–Trinajstić information content (AvgIpc) is 3.76. The van der Waals surface area contributed by atoms with Gasteiger partial charge in [0.05, 0.1) is 32.9 Å². The summed E-state index contributed by atoms with van der Waals surface area (Å²) in [6, 6.07) is 16.8. The number of hydrogen-bond donors (Lipinski definition) is 1. The van der Waals surface area contributed by atoms with Crippen LogP contribution in [0.3, 0.4) is 0 Å². The Labute approximate surface area is 258 Å². The van der Waals surface area contributed by atoms with E-state index in [1.807, 2.05) is 6.07 Å². The van der Waals surface area contributed by atoms with Crippen LogP contribution in [0.15, 0.2) is 86.8 Å². The molecule has 13 heteroatoms. The number of furan rings is 1. The van der Waals surface area contributed by atoms with Crippen molar-refractivity contribution in [2.45, 2.75) is 16.1 Å². The third kappa shape index (κ3) is 5.24. The lowest BCUT2D eigenvalue weighted by Crippen LogP contribution is -2.31. The number of para-hydroxylation sites is 1. The van der Waals surface area contributed by atoms with Gasteiger partial charge in [-0.1, -0.05) is 53.4 Å². The van der Waals surface area contributed by atoms with Crippen molar-refractivity contribution in [1.29, 1.82) is 0 Å². The number of fused-ring (bicyclic) bond motifs is 1. The number of hydrogen-bond acceptors (Lipinski definition) is 11. The van der Waals surface area contributed by atoms with E-state index >= 15 is 0 Å². The standard InChI is InChI=1S/C31H24FN3O7S2/c1-39-22-13-18(14-23(40-2)28(22)41-3)25-24(26(36)21-12-17-6-4-5-7-20(17)42-21)27(37)29(38)35(25)30-33-34-31(44-30)43-15-16-8-10-19(32)11-9-16/h4-14,25,37H,15H2,1-3H3. The van der Waals surface area contributed by atoms with Gasteiger partial charge in [0.15, 0.2) is 27.4 Å². The molecule has 10 nitrogen and oxygen atoms in total. The lowest BCUT2D eigenvalue weighted by Gasteiger charge is -2.25. The zero-order valence-corrected chi connectivity index (χ0v) is 25.2. The third-order valence-corrected chi connectivity index (χ3v) is 9.11. The van der Waals surface area contributed by atoms with E-state index in [1.54, 1.807) is 48.5 Å². The molecule has 0 fully saturated rings. The number of aliphatic hydroxyl groups is 1. The Kier molecular flexibility index (Phi) is 7.97. The largest absolute Gasteiger partial charge is 0.503 e. The average molecular weight is 634 g/mol. The Bertz CT molecular complexity index is 1860. The number of ketones is 1. The summed E-state index contributed by atoms with van der Waals surface area (Å²) in [6.45, 7) is 0. The number of anilines is 1.